The van der Waals surface area contributed by atoms with Gasteiger partial charge in [-0.15, -0.1) is 0 Å². The maximum absolute atomic E-state index is 13.4. The lowest BCUT2D eigenvalue weighted by atomic mass is 10.0. The molecule has 0 saturated carbocycles. The van der Waals surface area contributed by atoms with Crippen LogP contribution < -0.4 is 5.32 Å². The molecule has 4 aromatic rings. The molecule has 0 spiro atoms. The molecule has 0 saturated heterocycles. The van der Waals surface area contributed by atoms with Crippen LogP contribution >= 0.6 is 0 Å². The zero-order valence-corrected chi connectivity index (χ0v) is 14.7. The lowest BCUT2D eigenvalue weighted by molar-refractivity contribution is 0.0226. The minimum absolute atomic E-state index is 0.297. The largest absolute Gasteiger partial charge is 0.340 e. The fraction of sp³-hybridized carbons (Fsp3) is 0.143. The summed E-state index contributed by atoms with van der Waals surface area (Å²) in [6.07, 6.45) is 3.23. The highest BCUT2D eigenvalue weighted by molar-refractivity contribution is 5.78. The standard InChI is InChI=1S/C21H18F2N4/c1-21(22,23)13-15-6-5-7-16(12-15)18-14-24-27-11-10-19(26-20(18)27)25-17-8-3-2-4-9-17/h2-12,14H,13H2,1H3,(H,25,26). The lowest BCUT2D eigenvalue weighted by Crippen LogP contribution is -2.13. The Morgan fingerprint density at radius 3 is 2.63 bits per heavy atom. The van der Waals surface area contributed by atoms with Crippen molar-refractivity contribution >= 4 is 17.2 Å². The Kier molecular flexibility index (Phi) is 4.32. The number of aromatic nitrogens is 3. The molecule has 0 bridgehead atoms. The highest BCUT2D eigenvalue weighted by Crippen LogP contribution is 2.27. The van der Waals surface area contributed by atoms with Crippen LogP contribution in [0.2, 0.25) is 0 Å². The van der Waals surface area contributed by atoms with Gasteiger partial charge < -0.3 is 5.32 Å². The third-order valence-corrected chi connectivity index (χ3v) is 4.17. The highest BCUT2D eigenvalue weighted by Gasteiger charge is 2.22. The topological polar surface area (TPSA) is 42.2 Å². The highest BCUT2D eigenvalue weighted by atomic mass is 19.3. The molecule has 27 heavy (non-hydrogen) atoms. The van der Waals surface area contributed by atoms with Gasteiger partial charge in [0.1, 0.15) is 5.82 Å². The number of hydrogen-bond donors (Lipinski definition) is 1. The Bertz CT molecular complexity index is 1070. The molecule has 0 fully saturated rings. The van der Waals surface area contributed by atoms with Crippen molar-refractivity contribution in [2.24, 2.45) is 0 Å². The molecule has 2 heterocycles. The second kappa shape index (κ2) is 6.79. The first-order valence-electron chi connectivity index (χ1n) is 8.62. The summed E-state index contributed by atoms with van der Waals surface area (Å²) in [6.45, 7) is 0.929. The first-order chi connectivity index (χ1) is 13.0. The van der Waals surface area contributed by atoms with E-state index in [1.165, 1.54) is 0 Å². The van der Waals surface area contributed by atoms with Gasteiger partial charge in [0.15, 0.2) is 5.65 Å². The predicted molar refractivity (Wildman–Crippen MR) is 102 cm³/mol. The number of rotatable bonds is 5. The van der Waals surface area contributed by atoms with Gasteiger partial charge in [-0.3, -0.25) is 0 Å². The second-order valence-electron chi connectivity index (χ2n) is 6.58. The molecule has 0 radical (unpaired) electrons. The normalized spacial score (nSPS) is 11.7. The van der Waals surface area contributed by atoms with Gasteiger partial charge in [0, 0.05) is 23.9 Å². The molecule has 0 atom stereocenters. The molecule has 136 valence electrons. The maximum atomic E-state index is 13.4. The summed E-state index contributed by atoms with van der Waals surface area (Å²) in [7, 11) is 0. The van der Waals surface area contributed by atoms with Crippen LogP contribution in [0.1, 0.15) is 12.5 Å². The van der Waals surface area contributed by atoms with E-state index >= 15 is 0 Å². The van der Waals surface area contributed by atoms with Crippen LogP contribution in [0.4, 0.5) is 20.3 Å². The van der Waals surface area contributed by atoms with E-state index in [1.54, 1.807) is 28.9 Å². The van der Waals surface area contributed by atoms with E-state index < -0.39 is 5.92 Å². The molecule has 0 unspecified atom stereocenters. The number of benzene rings is 2. The number of para-hydroxylation sites is 1. The van der Waals surface area contributed by atoms with E-state index in [0.29, 0.717) is 17.0 Å². The van der Waals surface area contributed by atoms with Gasteiger partial charge in [0.25, 0.3) is 0 Å². The Balaban J connectivity index is 1.70. The molecule has 2 aromatic carbocycles. The number of hydrogen-bond acceptors (Lipinski definition) is 3. The average molecular weight is 364 g/mol. The molecule has 0 aliphatic heterocycles. The van der Waals surface area contributed by atoms with E-state index in [1.807, 2.05) is 48.7 Å². The van der Waals surface area contributed by atoms with E-state index in [-0.39, 0.29) is 6.42 Å². The van der Waals surface area contributed by atoms with Crippen molar-refractivity contribution in [1.82, 2.24) is 14.6 Å². The summed E-state index contributed by atoms with van der Waals surface area (Å²) in [4.78, 5) is 4.65. The van der Waals surface area contributed by atoms with Crippen LogP contribution in [0.25, 0.3) is 16.8 Å². The fourth-order valence-electron chi connectivity index (χ4n) is 3.02. The molecule has 0 aliphatic rings. The zero-order valence-electron chi connectivity index (χ0n) is 14.7. The van der Waals surface area contributed by atoms with Gasteiger partial charge in [0.05, 0.1) is 6.20 Å². The number of alkyl halides is 2. The number of halogens is 2. The zero-order chi connectivity index (χ0) is 18.9. The molecule has 4 rings (SSSR count). The molecule has 2 aromatic heterocycles. The Labute approximate surface area is 155 Å². The summed E-state index contributed by atoms with van der Waals surface area (Å²) in [6, 6.07) is 18.7. The second-order valence-corrected chi connectivity index (χ2v) is 6.58. The smallest absolute Gasteiger partial charge is 0.249 e. The number of nitrogens with one attached hydrogen (secondary N) is 1. The van der Waals surface area contributed by atoms with Crippen LogP contribution in [0.15, 0.2) is 73.1 Å². The van der Waals surface area contributed by atoms with E-state index in [4.69, 9.17) is 0 Å². The van der Waals surface area contributed by atoms with Crippen LogP contribution in [-0.2, 0) is 6.42 Å². The first-order valence-corrected chi connectivity index (χ1v) is 8.62. The predicted octanol–water partition coefficient (Wildman–Crippen LogP) is 5.34. The molecule has 1 N–H and O–H groups in total. The van der Waals surface area contributed by atoms with Crippen molar-refractivity contribution in [1.29, 1.82) is 0 Å². The molecule has 0 aliphatic carbocycles. The lowest BCUT2D eigenvalue weighted by Gasteiger charge is -2.11. The van der Waals surface area contributed by atoms with Crippen molar-refractivity contribution in [3.63, 3.8) is 0 Å². The molecule has 0 amide bonds. The van der Waals surface area contributed by atoms with Gasteiger partial charge in [-0.25, -0.2) is 18.3 Å². The fourth-order valence-corrected chi connectivity index (χ4v) is 3.02. The number of fused-ring (bicyclic) bond motifs is 1. The summed E-state index contributed by atoms with van der Waals surface area (Å²) in [5.41, 5.74) is 3.79. The van der Waals surface area contributed by atoms with Crippen molar-refractivity contribution in [3.05, 3.63) is 78.6 Å². The minimum atomic E-state index is -2.75. The molecular formula is C21H18F2N4. The van der Waals surface area contributed by atoms with Gasteiger partial charge in [0.2, 0.25) is 5.92 Å². The van der Waals surface area contributed by atoms with Crippen LogP contribution in [0.3, 0.4) is 0 Å². The van der Waals surface area contributed by atoms with Crippen LogP contribution in [-0.4, -0.2) is 20.5 Å². The third-order valence-electron chi connectivity index (χ3n) is 4.17. The van der Waals surface area contributed by atoms with Gasteiger partial charge in [-0.1, -0.05) is 42.5 Å². The average Bonchev–Trinajstić information content (AvgIpc) is 3.05. The summed E-state index contributed by atoms with van der Waals surface area (Å²) < 4.78 is 28.4. The first kappa shape index (κ1) is 17.1. The molecule has 6 heteroatoms. The van der Waals surface area contributed by atoms with E-state index in [2.05, 4.69) is 15.4 Å². The van der Waals surface area contributed by atoms with E-state index in [9.17, 15) is 8.78 Å². The van der Waals surface area contributed by atoms with Gasteiger partial charge in [-0.05, 0) is 36.2 Å². The van der Waals surface area contributed by atoms with Gasteiger partial charge >= 0.3 is 0 Å². The van der Waals surface area contributed by atoms with Crippen molar-refractivity contribution < 1.29 is 8.78 Å². The van der Waals surface area contributed by atoms with Crippen molar-refractivity contribution in [2.75, 3.05) is 5.32 Å². The maximum Gasteiger partial charge on any atom is 0.249 e. The van der Waals surface area contributed by atoms with Crippen molar-refractivity contribution in [3.8, 4) is 11.1 Å². The summed E-state index contributed by atoms with van der Waals surface area (Å²) >= 11 is 0. The third kappa shape index (κ3) is 3.95. The van der Waals surface area contributed by atoms with Gasteiger partial charge in [-0.2, -0.15) is 5.10 Å². The Morgan fingerprint density at radius 1 is 1.04 bits per heavy atom. The monoisotopic (exact) mass is 364 g/mol. The Morgan fingerprint density at radius 2 is 1.85 bits per heavy atom. The quantitative estimate of drug-likeness (QED) is 0.520. The minimum Gasteiger partial charge on any atom is -0.340 e. The Hall–Kier alpha value is -3.28. The molecule has 4 nitrogen and oxygen atoms in total. The summed E-state index contributed by atoms with van der Waals surface area (Å²) in [5.74, 6) is -2.06. The SMILES string of the molecule is CC(F)(F)Cc1cccc(-c2cnn3ccc(Nc4ccccc4)nc23)c1. The van der Waals surface area contributed by atoms with E-state index in [0.717, 1.165) is 23.7 Å². The van der Waals surface area contributed by atoms with Crippen LogP contribution in [0.5, 0.6) is 0 Å². The summed E-state index contributed by atoms with van der Waals surface area (Å²) in [5, 5.41) is 7.58. The van der Waals surface area contributed by atoms with Crippen molar-refractivity contribution in [2.45, 2.75) is 19.3 Å². The molecular weight excluding hydrogens is 346 g/mol. The number of nitrogens with zero attached hydrogens (tertiary/aromatic N) is 3. The van der Waals surface area contributed by atoms with Crippen LogP contribution in [0, 0.1) is 0 Å². The number of anilines is 2.